The molecule has 0 fully saturated rings. The van der Waals surface area contributed by atoms with E-state index in [1.54, 1.807) is 37.2 Å². The molecule has 2 aromatic heterocycles. The van der Waals surface area contributed by atoms with Crippen LogP contribution in [0.25, 0.3) is 11.4 Å². The maximum atomic E-state index is 13.6. The van der Waals surface area contributed by atoms with E-state index in [9.17, 15) is 4.79 Å². The van der Waals surface area contributed by atoms with Gasteiger partial charge in [-0.1, -0.05) is 30.3 Å². The van der Waals surface area contributed by atoms with Gasteiger partial charge < -0.3 is 20.1 Å². The summed E-state index contributed by atoms with van der Waals surface area (Å²) in [7, 11) is 3.18. The largest absolute Gasteiger partial charge is 0.497 e. The molecule has 35 heavy (non-hydrogen) atoms. The fourth-order valence-electron chi connectivity index (χ4n) is 4.08. The minimum absolute atomic E-state index is 0.292. The highest BCUT2D eigenvalue weighted by atomic mass is 16.5. The second-order valence-corrected chi connectivity index (χ2v) is 7.91. The van der Waals surface area contributed by atoms with Gasteiger partial charge in [-0.2, -0.15) is 4.98 Å². The maximum Gasteiger partial charge on any atom is 0.256 e. The van der Waals surface area contributed by atoms with Gasteiger partial charge in [-0.05, 0) is 43.3 Å². The highest BCUT2D eigenvalue weighted by Crippen LogP contribution is 2.37. The van der Waals surface area contributed by atoms with Crippen molar-refractivity contribution >= 4 is 17.5 Å². The van der Waals surface area contributed by atoms with Crippen molar-refractivity contribution in [3.8, 4) is 22.9 Å². The van der Waals surface area contributed by atoms with E-state index >= 15 is 0 Å². The maximum absolute atomic E-state index is 13.6. The molecule has 0 spiro atoms. The molecule has 5 rings (SSSR count). The molecular formula is C26H24N6O3. The second kappa shape index (κ2) is 9.30. The number of rotatable bonds is 6. The van der Waals surface area contributed by atoms with E-state index < -0.39 is 6.04 Å². The van der Waals surface area contributed by atoms with Crippen molar-refractivity contribution in [3.05, 3.63) is 89.9 Å². The Labute approximate surface area is 202 Å². The van der Waals surface area contributed by atoms with Crippen LogP contribution in [0.15, 0.2) is 84.2 Å². The van der Waals surface area contributed by atoms with Gasteiger partial charge in [0.15, 0.2) is 5.82 Å². The highest BCUT2D eigenvalue weighted by molar-refractivity contribution is 6.06. The van der Waals surface area contributed by atoms with Gasteiger partial charge in [0.2, 0.25) is 5.95 Å². The lowest BCUT2D eigenvalue weighted by molar-refractivity contribution is -0.113. The number of amides is 1. The Morgan fingerprint density at radius 2 is 1.86 bits per heavy atom. The van der Waals surface area contributed by atoms with Crippen LogP contribution in [0.3, 0.4) is 0 Å². The molecule has 0 bridgehead atoms. The van der Waals surface area contributed by atoms with Gasteiger partial charge in [0.1, 0.15) is 17.5 Å². The van der Waals surface area contributed by atoms with Crippen molar-refractivity contribution in [3.63, 3.8) is 0 Å². The minimum Gasteiger partial charge on any atom is -0.497 e. The van der Waals surface area contributed by atoms with Gasteiger partial charge in [-0.25, -0.2) is 4.68 Å². The Hall–Kier alpha value is -4.66. The van der Waals surface area contributed by atoms with Gasteiger partial charge in [-0.3, -0.25) is 9.78 Å². The van der Waals surface area contributed by atoms with Crippen LogP contribution in [-0.2, 0) is 4.79 Å². The Morgan fingerprint density at radius 1 is 1.03 bits per heavy atom. The minimum atomic E-state index is -0.589. The van der Waals surface area contributed by atoms with Crippen molar-refractivity contribution in [1.82, 2.24) is 19.7 Å². The van der Waals surface area contributed by atoms with Crippen LogP contribution < -0.4 is 20.1 Å². The van der Waals surface area contributed by atoms with E-state index in [1.807, 2.05) is 61.5 Å². The van der Waals surface area contributed by atoms with Crippen molar-refractivity contribution < 1.29 is 14.3 Å². The van der Waals surface area contributed by atoms with Crippen molar-refractivity contribution in [2.24, 2.45) is 0 Å². The number of benzene rings is 2. The average Bonchev–Trinajstić information content (AvgIpc) is 3.32. The number of fused-ring (bicyclic) bond motifs is 1. The molecule has 9 heteroatoms. The number of carbonyl (C=O) groups excluding carboxylic acids is 1. The summed E-state index contributed by atoms with van der Waals surface area (Å²) in [5, 5.41) is 11.0. The standard InChI is InChI=1S/C26H24N6O3/c1-16-22(25(33)29-19-11-4-5-13-21(19)35-3)23(20-12-6-7-14-27-20)32-26(28-16)30-24(31-32)17-9-8-10-18(15-17)34-2/h4-15,23H,1-3H3,(H,29,33)(H,28,30,31)/t23-/m0/s1. The van der Waals surface area contributed by atoms with Crippen LogP contribution >= 0.6 is 0 Å². The number of nitrogens with one attached hydrogen (secondary N) is 2. The number of methoxy groups -OCH3 is 2. The van der Waals surface area contributed by atoms with Gasteiger partial charge >= 0.3 is 0 Å². The lowest BCUT2D eigenvalue weighted by Gasteiger charge is -2.28. The molecule has 0 saturated carbocycles. The molecule has 0 aliphatic carbocycles. The number of ether oxygens (including phenoxy) is 2. The van der Waals surface area contributed by atoms with Crippen LogP contribution in [0.4, 0.5) is 11.6 Å². The van der Waals surface area contributed by atoms with E-state index in [0.29, 0.717) is 45.9 Å². The first-order chi connectivity index (χ1) is 17.1. The molecule has 3 heterocycles. The Kier molecular flexibility index (Phi) is 5.88. The van der Waals surface area contributed by atoms with E-state index in [4.69, 9.17) is 19.6 Å². The third-order valence-electron chi connectivity index (χ3n) is 5.75. The molecule has 1 aliphatic rings. The average molecular weight is 469 g/mol. The first-order valence-corrected chi connectivity index (χ1v) is 11.0. The summed E-state index contributed by atoms with van der Waals surface area (Å²) in [5.41, 5.74) is 3.17. The molecule has 1 aliphatic heterocycles. The summed E-state index contributed by atoms with van der Waals surface area (Å²) >= 11 is 0. The number of hydrogen-bond acceptors (Lipinski definition) is 7. The SMILES string of the molecule is COc1cccc(-c2nc3n(n2)[C@@H](c2ccccn2)C(C(=O)Nc2ccccc2OC)=C(C)N3)c1. The zero-order valence-corrected chi connectivity index (χ0v) is 19.5. The van der Waals surface area contributed by atoms with Crippen LogP contribution in [0.5, 0.6) is 11.5 Å². The Morgan fingerprint density at radius 3 is 2.63 bits per heavy atom. The molecule has 0 saturated heterocycles. The number of carbonyl (C=O) groups is 1. The smallest absolute Gasteiger partial charge is 0.256 e. The molecule has 0 unspecified atom stereocenters. The molecule has 176 valence electrons. The summed E-state index contributed by atoms with van der Waals surface area (Å²) in [6.45, 7) is 1.84. The van der Waals surface area contributed by atoms with Crippen LogP contribution in [0.1, 0.15) is 18.7 Å². The quantitative estimate of drug-likeness (QED) is 0.435. The molecule has 1 amide bonds. The topological polar surface area (TPSA) is 103 Å². The van der Waals surface area contributed by atoms with E-state index in [0.717, 1.165) is 5.56 Å². The normalized spacial score (nSPS) is 14.7. The van der Waals surface area contributed by atoms with Crippen LogP contribution in [-0.4, -0.2) is 39.9 Å². The van der Waals surface area contributed by atoms with Crippen LogP contribution in [0.2, 0.25) is 0 Å². The van der Waals surface area contributed by atoms with E-state index in [-0.39, 0.29) is 5.91 Å². The van der Waals surface area contributed by atoms with Crippen LogP contribution in [0, 0.1) is 0 Å². The fourth-order valence-corrected chi connectivity index (χ4v) is 4.08. The Bertz CT molecular complexity index is 1410. The number of hydrogen-bond donors (Lipinski definition) is 2. The fraction of sp³-hybridized carbons (Fsp3) is 0.154. The predicted molar refractivity (Wildman–Crippen MR) is 132 cm³/mol. The summed E-state index contributed by atoms with van der Waals surface area (Å²) < 4.78 is 12.4. The molecule has 9 nitrogen and oxygen atoms in total. The Balaban J connectivity index is 1.58. The molecule has 1 atom stereocenters. The van der Waals surface area contributed by atoms with Gasteiger partial charge in [0.05, 0.1) is 31.2 Å². The monoisotopic (exact) mass is 468 g/mol. The molecule has 0 radical (unpaired) electrons. The van der Waals surface area contributed by atoms with Gasteiger partial charge in [0, 0.05) is 17.5 Å². The number of para-hydroxylation sites is 2. The number of anilines is 2. The molecule has 4 aromatic rings. The third kappa shape index (κ3) is 4.19. The number of nitrogens with zero attached hydrogens (tertiary/aromatic N) is 4. The summed E-state index contributed by atoms with van der Waals surface area (Å²) in [6.07, 6.45) is 1.70. The number of aromatic nitrogens is 4. The molecule has 2 aromatic carbocycles. The van der Waals surface area contributed by atoms with Gasteiger partial charge in [0.25, 0.3) is 5.91 Å². The molecule has 2 N–H and O–H groups in total. The van der Waals surface area contributed by atoms with E-state index in [2.05, 4.69) is 15.6 Å². The number of allylic oxidation sites excluding steroid dienone is 1. The molecular weight excluding hydrogens is 444 g/mol. The summed E-state index contributed by atoms with van der Waals surface area (Å²) in [6, 6.07) is 19.8. The van der Waals surface area contributed by atoms with Crippen molar-refractivity contribution in [2.75, 3.05) is 24.9 Å². The summed E-state index contributed by atoms with van der Waals surface area (Å²) in [5.74, 6) is 2.00. The van der Waals surface area contributed by atoms with Crippen molar-refractivity contribution in [1.29, 1.82) is 0 Å². The third-order valence-corrected chi connectivity index (χ3v) is 5.75. The highest BCUT2D eigenvalue weighted by Gasteiger charge is 2.35. The van der Waals surface area contributed by atoms with Crippen molar-refractivity contribution in [2.45, 2.75) is 13.0 Å². The van der Waals surface area contributed by atoms with Gasteiger partial charge in [-0.15, -0.1) is 5.10 Å². The number of pyridine rings is 1. The second-order valence-electron chi connectivity index (χ2n) is 7.91. The first kappa shape index (κ1) is 22.1. The summed E-state index contributed by atoms with van der Waals surface area (Å²) in [4.78, 5) is 22.9. The lowest BCUT2D eigenvalue weighted by Crippen LogP contribution is -2.32. The zero-order chi connectivity index (χ0) is 24.4. The lowest BCUT2D eigenvalue weighted by atomic mass is 9.98. The predicted octanol–water partition coefficient (Wildman–Crippen LogP) is 4.28. The van der Waals surface area contributed by atoms with E-state index in [1.165, 1.54) is 0 Å². The zero-order valence-electron chi connectivity index (χ0n) is 19.5. The first-order valence-electron chi connectivity index (χ1n) is 11.0.